The molecular weight excluding hydrogens is 368 g/mol. The standard InChI is InChI=1S/C20H19ClN2O4/c21-16-11-14(12-17-19(16)27-9-8-26-17)4-5-18(24)23-7-6-13-2-1-3-15(10-13)20(22)25/h1-5,10-12H,6-9H2,(H2,22,25)(H,23,24)/b5-4+. The predicted molar refractivity (Wildman–Crippen MR) is 103 cm³/mol. The minimum Gasteiger partial charge on any atom is -0.486 e. The normalized spacial score (nSPS) is 12.8. The highest BCUT2D eigenvalue weighted by Crippen LogP contribution is 2.38. The maximum Gasteiger partial charge on any atom is 0.248 e. The molecule has 0 unspecified atom stereocenters. The molecule has 0 saturated heterocycles. The molecule has 1 aliphatic heterocycles. The number of rotatable bonds is 6. The van der Waals surface area contributed by atoms with Gasteiger partial charge in [0.15, 0.2) is 11.5 Å². The van der Waals surface area contributed by atoms with E-state index in [-0.39, 0.29) is 5.91 Å². The van der Waals surface area contributed by atoms with E-state index in [1.54, 1.807) is 36.4 Å². The molecule has 7 heteroatoms. The number of halogens is 1. The lowest BCUT2D eigenvalue weighted by atomic mass is 10.1. The molecule has 0 aliphatic carbocycles. The zero-order chi connectivity index (χ0) is 19.2. The summed E-state index contributed by atoms with van der Waals surface area (Å²) >= 11 is 6.18. The van der Waals surface area contributed by atoms with Crippen molar-refractivity contribution >= 4 is 29.5 Å². The van der Waals surface area contributed by atoms with Gasteiger partial charge in [-0.25, -0.2) is 0 Å². The molecule has 0 fully saturated rings. The fraction of sp³-hybridized carbons (Fsp3) is 0.200. The van der Waals surface area contributed by atoms with Crippen molar-refractivity contribution in [3.63, 3.8) is 0 Å². The maximum absolute atomic E-state index is 12.0. The molecule has 140 valence electrons. The van der Waals surface area contributed by atoms with Gasteiger partial charge in [0.1, 0.15) is 13.2 Å². The van der Waals surface area contributed by atoms with Crippen LogP contribution in [0.1, 0.15) is 21.5 Å². The Morgan fingerprint density at radius 2 is 2.00 bits per heavy atom. The smallest absolute Gasteiger partial charge is 0.248 e. The first-order chi connectivity index (χ1) is 13.0. The van der Waals surface area contributed by atoms with Crippen LogP contribution < -0.4 is 20.5 Å². The van der Waals surface area contributed by atoms with Gasteiger partial charge in [-0.15, -0.1) is 0 Å². The Labute approximate surface area is 161 Å². The van der Waals surface area contributed by atoms with Gasteiger partial charge in [0.25, 0.3) is 0 Å². The molecule has 0 spiro atoms. The average Bonchev–Trinajstić information content (AvgIpc) is 2.67. The third-order valence-corrected chi connectivity index (χ3v) is 4.25. The molecule has 2 amide bonds. The molecular formula is C20H19ClN2O4. The number of primary amides is 1. The second-order valence-corrected chi connectivity index (χ2v) is 6.37. The van der Waals surface area contributed by atoms with Gasteiger partial charge >= 0.3 is 0 Å². The van der Waals surface area contributed by atoms with Crippen LogP contribution in [-0.2, 0) is 11.2 Å². The molecule has 3 N–H and O–H groups in total. The average molecular weight is 387 g/mol. The molecule has 6 nitrogen and oxygen atoms in total. The molecule has 2 aromatic rings. The number of amides is 2. The Bertz CT molecular complexity index is 896. The van der Waals surface area contributed by atoms with Crippen molar-refractivity contribution in [1.29, 1.82) is 0 Å². The molecule has 1 aliphatic rings. The van der Waals surface area contributed by atoms with Gasteiger partial charge < -0.3 is 20.5 Å². The van der Waals surface area contributed by atoms with Crippen molar-refractivity contribution in [3.8, 4) is 11.5 Å². The lowest BCUT2D eigenvalue weighted by molar-refractivity contribution is -0.116. The minimum atomic E-state index is -0.470. The number of carbonyl (C=O) groups is 2. The van der Waals surface area contributed by atoms with Crippen LogP contribution in [0.25, 0.3) is 6.08 Å². The number of hydrogen-bond acceptors (Lipinski definition) is 4. The number of nitrogens with two attached hydrogens (primary N) is 1. The van der Waals surface area contributed by atoms with Crippen molar-refractivity contribution in [2.24, 2.45) is 5.73 Å². The van der Waals surface area contributed by atoms with Gasteiger partial charge in [0.05, 0.1) is 5.02 Å². The summed E-state index contributed by atoms with van der Waals surface area (Å²) < 4.78 is 11.0. The predicted octanol–water partition coefficient (Wildman–Crippen LogP) is 2.58. The van der Waals surface area contributed by atoms with E-state index >= 15 is 0 Å². The van der Waals surface area contributed by atoms with E-state index in [0.717, 1.165) is 11.1 Å². The molecule has 0 bridgehead atoms. The Hall–Kier alpha value is -2.99. The lowest BCUT2D eigenvalue weighted by Crippen LogP contribution is -2.23. The maximum atomic E-state index is 12.0. The molecule has 0 atom stereocenters. The molecule has 0 saturated carbocycles. The van der Waals surface area contributed by atoms with E-state index in [9.17, 15) is 9.59 Å². The topological polar surface area (TPSA) is 90.7 Å². The van der Waals surface area contributed by atoms with Crippen molar-refractivity contribution in [2.75, 3.05) is 19.8 Å². The van der Waals surface area contributed by atoms with Crippen LogP contribution in [0.3, 0.4) is 0 Å². The van der Waals surface area contributed by atoms with Crippen LogP contribution >= 0.6 is 11.6 Å². The van der Waals surface area contributed by atoms with Crippen LogP contribution in [0.4, 0.5) is 0 Å². The second-order valence-electron chi connectivity index (χ2n) is 5.97. The van der Waals surface area contributed by atoms with Gasteiger partial charge in [-0.3, -0.25) is 9.59 Å². The summed E-state index contributed by atoms with van der Waals surface area (Å²) in [7, 11) is 0. The summed E-state index contributed by atoms with van der Waals surface area (Å²) in [6, 6.07) is 10.5. The second kappa shape index (κ2) is 8.60. The van der Waals surface area contributed by atoms with Gasteiger partial charge in [0, 0.05) is 18.2 Å². The van der Waals surface area contributed by atoms with Crippen molar-refractivity contribution in [1.82, 2.24) is 5.32 Å². The van der Waals surface area contributed by atoms with Crippen LogP contribution in [0.5, 0.6) is 11.5 Å². The summed E-state index contributed by atoms with van der Waals surface area (Å²) in [6.07, 6.45) is 3.69. The molecule has 1 heterocycles. The number of carbonyl (C=O) groups excluding carboxylic acids is 2. The summed E-state index contributed by atoms with van der Waals surface area (Å²) in [4.78, 5) is 23.2. The van der Waals surface area contributed by atoms with Crippen molar-refractivity contribution in [3.05, 3.63) is 64.2 Å². The first kappa shape index (κ1) is 18.8. The molecule has 27 heavy (non-hydrogen) atoms. The summed E-state index contributed by atoms with van der Waals surface area (Å²) in [5.74, 6) is 0.403. The highest BCUT2D eigenvalue weighted by atomic mass is 35.5. The third kappa shape index (κ3) is 5.01. The van der Waals surface area contributed by atoms with Crippen LogP contribution in [0.15, 0.2) is 42.5 Å². The van der Waals surface area contributed by atoms with E-state index in [0.29, 0.717) is 48.3 Å². The number of hydrogen-bond donors (Lipinski definition) is 2. The fourth-order valence-electron chi connectivity index (χ4n) is 2.67. The largest absolute Gasteiger partial charge is 0.486 e. The molecule has 0 radical (unpaired) electrons. The molecule has 3 rings (SSSR count). The number of ether oxygens (including phenoxy) is 2. The Kier molecular flexibility index (Phi) is 5.98. The zero-order valence-electron chi connectivity index (χ0n) is 14.5. The number of fused-ring (bicyclic) bond motifs is 1. The number of nitrogens with one attached hydrogen (secondary N) is 1. The summed E-state index contributed by atoms with van der Waals surface area (Å²) in [6.45, 7) is 1.37. The molecule has 2 aromatic carbocycles. The fourth-order valence-corrected chi connectivity index (χ4v) is 2.94. The van der Waals surface area contributed by atoms with E-state index in [1.807, 2.05) is 6.07 Å². The number of benzene rings is 2. The van der Waals surface area contributed by atoms with Crippen LogP contribution in [0.2, 0.25) is 5.02 Å². The first-order valence-electron chi connectivity index (χ1n) is 8.47. The Balaban J connectivity index is 1.54. The first-order valence-corrected chi connectivity index (χ1v) is 8.84. The van der Waals surface area contributed by atoms with Crippen LogP contribution in [0, 0.1) is 0 Å². The van der Waals surface area contributed by atoms with Crippen molar-refractivity contribution < 1.29 is 19.1 Å². The van der Waals surface area contributed by atoms with Gasteiger partial charge in [0.2, 0.25) is 11.8 Å². The highest BCUT2D eigenvalue weighted by Gasteiger charge is 2.15. The lowest BCUT2D eigenvalue weighted by Gasteiger charge is -2.19. The quantitative estimate of drug-likeness (QED) is 0.746. The highest BCUT2D eigenvalue weighted by molar-refractivity contribution is 6.32. The third-order valence-electron chi connectivity index (χ3n) is 3.97. The Morgan fingerprint density at radius 1 is 1.19 bits per heavy atom. The van der Waals surface area contributed by atoms with Gasteiger partial charge in [-0.05, 0) is 47.9 Å². The van der Waals surface area contributed by atoms with Gasteiger partial charge in [-0.1, -0.05) is 23.7 Å². The summed E-state index contributed by atoms with van der Waals surface area (Å²) in [5.41, 5.74) is 7.39. The minimum absolute atomic E-state index is 0.230. The SMILES string of the molecule is NC(=O)c1cccc(CCNC(=O)/C=C/c2cc(Cl)c3c(c2)OCCO3)c1. The Morgan fingerprint density at radius 3 is 2.81 bits per heavy atom. The van der Waals surface area contributed by atoms with E-state index in [2.05, 4.69) is 5.32 Å². The van der Waals surface area contributed by atoms with E-state index in [1.165, 1.54) is 6.08 Å². The summed E-state index contributed by atoms with van der Waals surface area (Å²) in [5, 5.41) is 3.24. The van der Waals surface area contributed by atoms with E-state index in [4.69, 9.17) is 26.8 Å². The van der Waals surface area contributed by atoms with Gasteiger partial charge in [-0.2, -0.15) is 0 Å². The zero-order valence-corrected chi connectivity index (χ0v) is 15.3. The van der Waals surface area contributed by atoms with Crippen molar-refractivity contribution in [2.45, 2.75) is 6.42 Å². The monoisotopic (exact) mass is 386 g/mol. The van der Waals surface area contributed by atoms with Crippen LogP contribution in [-0.4, -0.2) is 31.6 Å². The molecule has 0 aromatic heterocycles. The van der Waals surface area contributed by atoms with E-state index < -0.39 is 5.91 Å².